The molecule has 0 aliphatic carbocycles. The minimum atomic E-state index is -1.17. The zero-order valence-electron chi connectivity index (χ0n) is 16.5. The van der Waals surface area contributed by atoms with E-state index in [0.29, 0.717) is 11.4 Å². The number of carbonyl (C=O) groups excluding carboxylic acids is 4. The highest BCUT2D eigenvalue weighted by Crippen LogP contribution is 2.36. The van der Waals surface area contributed by atoms with Crippen molar-refractivity contribution in [3.05, 3.63) is 54.1 Å². The largest absolute Gasteiger partial charge is 0.481 e. The van der Waals surface area contributed by atoms with E-state index in [0.717, 1.165) is 0 Å². The summed E-state index contributed by atoms with van der Waals surface area (Å²) in [5.41, 5.74) is 5.21. The van der Waals surface area contributed by atoms with Crippen LogP contribution in [0.15, 0.2) is 48.5 Å². The molecule has 0 bridgehead atoms. The number of nitrogens with two attached hydrogens (primary N) is 1. The number of esters is 1. The van der Waals surface area contributed by atoms with Gasteiger partial charge in [-0.05, 0) is 38.1 Å². The number of para-hydroxylation sites is 3. The van der Waals surface area contributed by atoms with Crippen molar-refractivity contribution in [2.45, 2.75) is 19.4 Å². The van der Waals surface area contributed by atoms with Gasteiger partial charge in [-0.3, -0.25) is 19.3 Å². The molecule has 1 aliphatic heterocycles. The molecule has 2 aromatic rings. The van der Waals surface area contributed by atoms with Crippen molar-refractivity contribution in [2.75, 3.05) is 23.4 Å². The monoisotopic (exact) mass is 411 g/mol. The molecule has 0 radical (unpaired) electrons. The predicted molar refractivity (Wildman–Crippen MR) is 108 cm³/mol. The lowest BCUT2D eigenvalue weighted by atomic mass is 9.96. The van der Waals surface area contributed by atoms with Gasteiger partial charge in [-0.1, -0.05) is 24.3 Å². The second kappa shape index (κ2) is 8.24. The first-order chi connectivity index (χ1) is 14.2. The Morgan fingerprint density at radius 1 is 1.03 bits per heavy atom. The maximum absolute atomic E-state index is 12.8. The molecule has 9 heteroatoms. The van der Waals surface area contributed by atoms with E-state index >= 15 is 0 Å². The van der Waals surface area contributed by atoms with Crippen LogP contribution in [0.2, 0.25) is 0 Å². The Balaban J connectivity index is 1.65. The van der Waals surface area contributed by atoms with Crippen LogP contribution < -0.4 is 20.7 Å². The fourth-order valence-electron chi connectivity index (χ4n) is 3.08. The number of ether oxygens (including phenoxy) is 2. The highest BCUT2D eigenvalue weighted by atomic mass is 16.6. The van der Waals surface area contributed by atoms with Gasteiger partial charge in [-0.25, -0.2) is 4.79 Å². The van der Waals surface area contributed by atoms with Crippen LogP contribution in [0.5, 0.6) is 5.75 Å². The molecule has 156 valence electrons. The molecule has 0 atom stereocenters. The summed E-state index contributed by atoms with van der Waals surface area (Å²) in [6.45, 7) is 2.10. The Bertz CT molecular complexity index is 1020. The van der Waals surface area contributed by atoms with Crippen molar-refractivity contribution in [1.29, 1.82) is 0 Å². The number of fused-ring (bicyclic) bond motifs is 1. The first kappa shape index (κ1) is 20.8. The number of nitrogens with one attached hydrogen (secondary N) is 1. The van der Waals surface area contributed by atoms with Gasteiger partial charge in [-0.15, -0.1) is 0 Å². The lowest BCUT2D eigenvalue weighted by molar-refractivity contribution is -0.150. The van der Waals surface area contributed by atoms with E-state index in [1.165, 1.54) is 17.0 Å². The molecule has 1 heterocycles. The van der Waals surface area contributed by atoms with E-state index in [4.69, 9.17) is 15.2 Å². The van der Waals surface area contributed by atoms with Gasteiger partial charge in [0.15, 0.2) is 13.2 Å². The molecule has 3 rings (SSSR count). The maximum atomic E-state index is 12.8. The average molecular weight is 411 g/mol. The number of benzene rings is 2. The number of hydrogen-bond donors (Lipinski definition) is 2. The van der Waals surface area contributed by atoms with E-state index in [2.05, 4.69) is 5.32 Å². The summed E-state index contributed by atoms with van der Waals surface area (Å²) in [5, 5.41) is 2.75. The number of rotatable bonds is 6. The van der Waals surface area contributed by atoms with Crippen molar-refractivity contribution < 1.29 is 28.7 Å². The lowest BCUT2D eigenvalue weighted by Crippen LogP contribution is -2.59. The maximum Gasteiger partial charge on any atom is 0.344 e. The van der Waals surface area contributed by atoms with Crippen molar-refractivity contribution in [1.82, 2.24) is 0 Å². The zero-order chi connectivity index (χ0) is 21.9. The second-order valence-corrected chi connectivity index (χ2v) is 7.07. The van der Waals surface area contributed by atoms with Crippen molar-refractivity contribution >= 4 is 35.1 Å². The van der Waals surface area contributed by atoms with Crippen LogP contribution in [0.4, 0.5) is 11.4 Å². The topological polar surface area (TPSA) is 128 Å². The molecule has 0 saturated carbocycles. The fourth-order valence-corrected chi connectivity index (χ4v) is 3.08. The van der Waals surface area contributed by atoms with E-state index < -0.39 is 36.5 Å². The Hall–Kier alpha value is -3.88. The molecule has 9 nitrogen and oxygen atoms in total. The van der Waals surface area contributed by atoms with Gasteiger partial charge in [0.25, 0.3) is 11.8 Å². The third kappa shape index (κ3) is 4.09. The smallest absolute Gasteiger partial charge is 0.344 e. The first-order valence-corrected chi connectivity index (χ1v) is 9.12. The molecule has 0 saturated heterocycles. The van der Waals surface area contributed by atoms with Gasteiger partial charge in [0, 0.05) is 0 Å². The van der Waals surface area contributed by atoms with Crippen LogP contribution in [0, 0.1) is 0 Å². The SMILES string of the molecule is CC1(C)C(=O)Nc2ccccc2N1C(=O)COC(=O)COc1ccccc1C(N)=O. The van der Waals surface area contributed by atoms with E-state index in [1.807, 2.05) is 0 Å². The van der Waals surface area contributed by atoms with Crippen LogP contribution in [-0.2, 0) is 19.1 Å². The fraction of sp³-hybridized carbons (Fsp3) is 0.238. The third-order valence-electron chi connectivity index (χ3n) is 4.61. The molecule has 0 unspecified atom stereocenters. The number of anilines is 2. The standard InChI is InChI=1S/C21H21N3O6/c1-21(2)20(28)23-14-8-4-5-9-15(14)24(21)17(25)11-30-18(26)12-29-16-10-6-3-7-13(16)19(22)27/h3-10H,11-12H2,1-2H3,(H2,22,27)(H,23,28). The second-order valence-electron chi connectivity index (χ2n) is 7.07. The summed E-state index contributed by atoms with van der Waals surface area (Å²) in [4.78, 5) is 50.0. The molecule has 2 aromatic carbocycles. The molecule has 3 amide bonds. The molecule has 3 N–H and O–H groups in total. The summed E-state index contributed by atoms with van der Waals surface area (Å²) >= 11 is 0. The number of primary amides is 1. The van der Waals surface area contributed by atoms with Crippen LogP contribution >= 0.6 is 0 Å². The molecule has 0 spiro atoms. The number of nitrogens with zero attached hydrogens (tertiary/aromatic N) is 1. The molecule has 30 heavy (non-hydrogen) atoms. The summed E-state index contributed by atoms with van der Waals surface area (Å²) in [7, 11) is 0. The molecular weight excluding hydrogens is 390 g/mol. The minimum absolute atomic E-state index is 0.124. The van der Waals surface area contributed by atoms with Crippen molar-refractivity contribution in [3.8, 4) is 5.75 Å². The molecule has 0 fully saturated rings. The highest BCUT2D eigenvalue weighted by molar-refractivity contribution is 6.14. The average Bonchev–Trinajstić information content (AvgIpc) is 2.71. The van der Waals surface area contributed by atoms with E-state index in [-0.39, 0.29) is 17.2 Å². The van der Waals surface area contributed by atoms with Crippen LogP contribution in [0.25, 0.3) is 0 Å². The Kier molecular flexibility index (Phi) is 5.72. The van der Waals surface area contributed by atoms with Crippen molar-refractivity contribution in [3.63, 3.8) is 0 Å². The van der Waals surface area contributed by atoms with Gasteiger partial charge < -0.3 is 20.5 Å². The number of carbonyl (C=O) groups is 4. The molecule has 0 aromatic heterocycles. The summed E-state index contributed by atoms with van der Waals surface area (Å²) in [5.74, 6) is -2.29. The van der Waals surface area contributed by atoms with Crippen LogP contribution in [0.3, 0.4) is 0 Å². The van der Waals surface area contributed by atoms with E-state index in [9.17, 15) is 19.2 Å². The zero-order valence-corrected chi connectivity index (χ0v) is 16.5. The third-order valence-corrected chi connectivity index (χ3v) is 4.61. The van der Waals surface area contributed by atoms with Gasteiger partial charge in [0.05, 0.1) is 16.9 Å². The predicted octanol–water partition coefficient (Wildman–Crippen LogP) is 1.47. The van der Waals surface area contributed by atoms with Crippen LogP contribution in [-0.4, -0.2) is 42.4 Å². The van der Waals surface area contributed by atoms with Crippen molar-refractivity contribution in [2.24, 2.45) is 5.73 Å². The van der Waals surface area contributed by atoms with Gasteiger partial charge >= 0.3 is 5.97 Å². The Morgan fingerprint density at radius 2 is 1.70 bits per heavy atom. The number of hydrogen-bond acceptors (Lipinski definition) is 6. The van der Waals surface area contributed by atoms with Gasteiger partial charge in [0.1, 0.15) is 11.3 Å². The van der Waals surface area contributed by atoms with E-state index in [1.54, 1.807) is 50.2 Å². The Labute approximate surface area is 172 Å². The summed E-state index contributed by atoms with van der Waals surface area (Å²) in [6, 6.07) is 13.0. The normalized spacial score (nSPS) is 14.3. The quantitative estimate of drug-likeness (QED) is 0.693. The number of amides is 3. The minimum Gasteiger partial charge on any atom is -0.481 e. The lowest BCUT2D eigenvalue weighted by Gasteiger charge is -2.41. The summed E-state index contributed by atoms with van der Waals surface area (Å²) < 4.78 is 10.3. The Morgan fingerprint density at radius 3 is 2.43 bits per heavy atom. The van der Waals surface area contributed by atoms with Gasteiger partial charge in [0.2, 0.25) is 5.91 Å². The molecular formula is C21H21N3O6. The molecule has 1 aliphatic rings. The first-order valence-electron chi connectivity index (χ1n) is 9.12. The summed E-state index contributed by atoms with van der Waals surface area (Å²) in [6.07, 6.45) is 0. The van der Waals surface area contributed by atoms with Crippen LogP contribution in [0.1, 0.15) is 24.2 Å². The van der Waals surface area contributed by atoms with Gasteiger partial charge in [-0.2, -0.15) is 0 Å². The highest BCUT2D eigenvalue weighted by Gasteiger charge is 2.43.